The van der Waals surface area contributed by atoms with Crippen molar-refractivity contribution in [1.82, 2.24) is 4.72 Å². The molecular formula is C10H13F3N2O2S. The Morgan fingerprint density at radius 1 is 1.50 bits per heavy atom. The van der Waals surface area contributed by atoms with E-state index in [1.54, 1.807) is 0 Å². The van der Waals surface area contributed by atoms with Crippen LogP contribution in [-0.4, -0.2) is 29.9 Å². The molecule has 1 rings (SSSR count). The summed E-state index contributed by atoms with van der Waals surface area (Å²) in [5, 5.41) is 0. The van der Waals surface area contributed by atoms with Crippen LogP contribution in [0.3, 0.4) is 0 Å². The van der Waals surface area contributed by atoms with E-state index in [0.717, 1.165) is 0 Å². The topological polar surface area (TPSA) is 64.3 Å². The largest absolute Gasteiger partial charge is 0.482 e. The Balaban J connectivity index is 2.94. The highest BCUT2D eigenvalue weighted by Crippen LogP contribution is 2.26. The first-order valence-corrected chi connectivity index (χ1v) is 6.53. The van der Waals surface area contributed by atoms with Crippen molar-refractivity contribution in [1.29, 1.82) is 0 Å². The fourth-order valence-corrected chi connectivity index (χ4v) is 1.98. The second-order valence-corrected chi connectivity index (χ2v) is 5.71. The molecule has 102 valence electrons. The van der Waals surface area contributed by atoms with E-state index in [9.17, 15) is 17.4 Å². The van der Waals surface area contributed by atoms with E-state index >= 15 is 0 Å². The van der Waals surface area contributed by atoms with Crippen LogP contribution in [0.5, 0.6) is 5.75 Å². The second kappa shape index (κ2) is 5.07. The summed E-state index contributed by atoms with van der Waals surface area (Å²) in [5.41, 5.74) is 5.50. The first-order chi connectivity index (χ1) is 8.15. The highest BCUT2D eigenvalue weighted by Gasteiger charge is 2.28. The van der Waals surface area contributed by atoms with Gasteiger partial charge in [0.2, 0.25) is 0 Å². The van der Waals surface area contributed by atoms with Crippen molar-refractivity contribution in [2.45, 2.75) is 11.1 Å². The molecule has 0 radical (unpaired) electrons. The lowest BCUT2D eigenvalue weighted by Gasteiger charge is -2.13. The zero-order chi connectivity index (χ0) is 14.0. The molecule has 0 aliphatic carbocycles. The number of halogens is 3. The summed E-state index contributed by atoms with van der Waals surface area (Å²) in [6.45, 7) is -1.43. The van der Waals surface area contributed by atoms with Gasteiger partial charge in [-0.05, 0) is 31.1 Å². The van der Waals surface area contributed by atoms with Crippen molar-refractivity contribution in [3.8, 4) is 5.75 Å². The van der Waals surface area contributed by atoms with Gasteiger partial charge in [-0.25, -0.2) is 8.93 Å². The zero-order valence-corrected chi connectivity index (χ0v) is 10.4. The van der Waals surface area contributed by atoms with Gasteiger partial charge < -0.3 is 10.5 Å². The third kappa shape index (κ3) is 3.81. The third-order valence-corrected chi connectivity index (χ3v) is 3.76. The van der Waals surface area contributed by atoms with Gasteiger partial charge in [0.25, 0.3) is 0 Å². The Morgan fingerprint density at radius 2 is 2.11 bits per heavy atom. The van der Waals surface area contributed by atoms with Gasteiger partial charge in [-0.2, -0.15) is 13.2 Å². The van der Waals surface area contributed by atoms with Gasteiger partial charge in [-0.3, -0.25) is 0 Å². The molecule has 0 fully saturated rings. The minimum atomic E-state index is -4.43. The lowest BCUT2D eigenvalue weighted by molar-refractivity contribution is -0.153. The Morgan fingerprint density at radius 3 is 2.56 bits per heavy atom. The van der Waals surface area contributed by atoms with Gasteiger partial charge >= 0.3 is 6.18 Å². The van der Waals surface area contributed by atoms with Crippen molar-refractivity contribution in [3.05, 3.63) is 18.2 Å². The Bertz CT molecular complexity index is 526. The number of alkyl halides is 3. The summed E-state index contributed by atoms with van der Waals surface area (Å²) in [4.78, 5) is 0.293. The molecule has 18 heavy (non-hydrogen) atoms. The number of benzene rings is 1. The van der Waals surface area contributed by atoms with Crippen molar-refractivity contribution in [3.63, 3.8) is 0 Å². The monoisotopic (exact) mass is 282 g/mol. The molecule has 1 unspecified atom stereocenters. The van der Waals surface area contributed by atoms with Crippen LogP contribution in [0.4, 0.5) is 18.9 Å². The number of rotatable bonds is 4. The second-order valence-electron chi connectivity index (χ2n) is 3.48. The average molecular weight is 282 g/mol. The smallest absolute Gasteiger partial charge is 0.422 e. The minimum absolute atomic E-state index is 0.0247. The summed E-state index contributed by atoms with van der Waals surface area (Å²) in [6, 6.07) is 3.87. The van der Waals surface area contributed by atoms with Gasteiger partial charge in [0.05, 0.1) is 15.4 Å². The number of ether oxygens (including phenoxy) is 1. The molecule has 0 aliphatic heterocycles. The first-order valence-electron chi connectivity index (χ1n) is 4.80. The molecule has 0 bridgehead atoms. The van der Waals surface area contributed by atoms with Crippen molar-refractivity contribution in [2.24, 2.45) is 0 Å². The number of anilines is 1. The number of hydrogen-bond donors (Lipinski definition) is 2. The predicted octanol–water partition coefficient (Wildman–Crippen LogP) is 1.42. The van der Waals surface area contributed by atoms with E-state index < -0.39 is 22.5 Å². The van der Waals surface area contributed by atoms with Crippen LogP contribution in [0, 0.1) is 0 Å². The lowest BCUT2D eigenvalue weighted by Crippen LogP contribution is -2.20. The molecule has 0 aliphatic rings. The maximum atomic E-state index is 12.0. The van der Waals surface area contributed by atoms with E-state index in [0.29, 0.717) is 4.90 Å². The van der Waals surface area contributed by atoms with E-state index in [1.165, 1.54) is 25.2 Å². The molecule has 4 nitrogen and oxygen atoms in total. The van der Waals surface area contributed by atoms with Crippen molar-refractivity contribution >= 4 is 21.3 Å². The van der Waals surface area contributed by atoms with E-state index in [1.807, 2.05) is 0 Å². The molecule has 0 amide bonds. The lowest BCUT2D eigenvalue weighted by atomic mass is 10.3. The highest BCUT2D eigenvalue weighted by atomic mass is 32.2. The van der Waals surface area contributed by atoms with Crippen LogP contribution >= 0.6 is 0 Å². The summed E-state index contributed by atoms with van der Waals surface area (Å²) in [7, 11) is -1.23. The summed E-state index contributed by atoms with van der Waals surface area (Å²) >= 11 is 0. The summed E-state index contributed by atoms with van der Waals surface area (Å²) < 4.78 is 54.8. The molecule has 0 saturated carbocycles. The van der Waals surface area contributed by atoms with Crippen LogP contribution in [0.2, 0.25) is 0 Å². The van der Waals surface area contributed by atoms with Crippen LogP contribution < -0.4 is 15.2 Å². The maximum Gasteiger partial charge on any atom is 0.422 e. The fraction of sp³-hybridized carbons (Fsp3) is 0.300. The van der Waals surface area contributed by atoms with Crippen LogP contribution in [-0.2, 0) is 9.71 Å². The molecule has 1 aromatic carbocycles. The van der Waals surface area contributed by atoms with Gasteiger partial charge in [-0.1, -0.05) is 0 Å². The SMILES string of the molecule is C=S(=O)(NC)c1ccc(OCC(F)(F)F)c(N)c1. The minimum Gasteiger partial charge on any atom is -0.482 e. The summed E-state index contributed by atoms with van der Waals surface area (Å²) in [5.74, 6) is 3.35. The molecule has 0 spiro atoms. The predicted molar refractivity (Wildman–Crippen MR) is 65.0 cm³/mol. The van der Waals surface area contributed by atoms with Crippen LogP contribution in [0.15, 0.2) is 23.1 Å². The van der Waals surface area contributed by atoms with Crippen molar-refractivity contribution in [2.75, 3.05) is 19.4 Å². The third-order valence-electron chi connectivity index (χ3n) is 2.08. The quantitative estimate of drug-likeness (QED) is 0.648. The zero-order valence-electron chi connectivity index (χ0n) is 9.58. The number of nitrogens with two attached hydrogens (primary N) is 1. The Hall–Kier alpha value is -1.41. The normalized spacial score (nSPS) is 15.1. The van der Waals surface area contributed by atoms with Gasteiger partial charge in [-0.15, -0.1) is 0 Å². The van der Waals surface area contributed by atoms with Crippen molar-refractivity contribution < 1.29 is 22.1 Å². The fourth-order valence-electron chi connectivity index (χ4n) is 1.14. The van der Waals surface area contributed by atoms with Crippen LogP contribution in [0.25, 0.3) is 0 Å². The molecule has 3 N–H and O–H groups in total. The molecule has 0 aromatic heterocycles. The van der Waals surface area contributed by atoms with Gasteiger partial charge in [0.1, 0.15) is 5.75 Å². The molecule has 1 atom stereocenters. The molecule has 0 heterocycles. The maximum absolute atomic E-state index is 12.0. The van der Waals surface area contributed by atoms with E-state index in [4.69, 9.17) is 5.73 Å². The molecule has 0 saturated heterocycles. The Kier molecular flexibility index (Phi) is 4.12. The molecule has 8 heteroatoms. The Labute approximate surface area is 103 Å². The van der Waals surface area contributed by atoms with Gasteiger partial charge in [0, 0.05) is 4.90 Å². The first kappa shape index (κ1) is 14.7. The molecular weight excluding hydrogens is 269 g/mol. The van der Waals surface area contributed by atoms with E-state index in [-0.39, 0.29) is 11.4 Å². The molecule has 1 aromatic rings. The number of hydrogen-bond acceptors (Lipinski definition) is 3. The van der Waals surface area contributed by atoms with Crippen LogP contribution in [0.1, 0.15) is 0 Å². The highest BCUT2D eigenvalue weighted by molar-refractivity contribution is 7.98. The average Bonchev–Trinajstić information content (AvgIpc) is 2.26. The number of nitrogens with one attached hydrogen (secondary N) is 1. The van der Waals surface area contributed by atoms with Gasteiger partial charge in [0.15, 0.2) is 6.61 Å². The summed E-state index contributed by atoms with van der Waals surface area (Å²) in [6.07, 6.45) is -4.43. The standard InChI is InChI=1S/C10H13F3N2O2S/c1-15-18(2,16)7-3-4-9(8(14)5-7)17-6-10(11,12)13/h3-5H,2,6,14H2,1H3,(H,15,16). The van der Waals surface area contributed by atoms with E-state index in [2.05, 4.69) is 15.3 Å². The number of nitrogen functional groups attached to an aromatic ring is 1.